The van der Waals surface area contributed by atoms with Crippen LogP contribution in [0.15, 0.2) is 0 Å². The highest BCUT2D eigenvalue weighted by Gasteiger charge is 2.78. The van der Waals surface area contributed by atoms with E-state index in [9.17, 15) is 0 Å². The molecule has 0 aromatic carbocycles. The summed E-state index contributed by atoms with van der Waals surface area (Å²) in [7, 11) is 12.5. The molecule has 3 saturated carbocycles. The van der Waals surface area contributed by atoms with Crippen LogP contribution < -0.4 is 0 Å². The molecule has 3 aliphatic rings. The molecule has 0 aromatic heterocycles. The van der Waals surface area contributed by atoms with Crippen LogP contribution in [0.2, 0.25) is 5.21 Å². The molecule has 0 nitrogen and oxygen atoms in total. The van der Waals surface area contributed by atoms with Gasteiger partial charge >= 0.3 is 0 Å². The van der Waals surface area contributed by atoms with Crippen molar-refractivity contribution in [2.75, 3.05) is 0 Å². The molecule has 0 amide bonds. The molecule has 3 aliphatic carbocycles. The van der Waals surface area contributed by atoms with Gasteiger partial charge < -0.3 is 0 Å². The van der Waals surface area contributed by atoms with Crippen molar-refractivity contribution in [3.8, 4) is 0 Å². The Hall–Kier alpha value is 0.130. The van der Waals surface area contributed by atoms with Crippen LogP contribution >= 0.6 is 0 Å². The van der Waals surface area contributed by atoms with E-state index in [4.69, 9.17) is 15.7 Å². The topological polar surface area (TPSA) is 0 Å². The van der Waals surface area contributed by atoms with Crippen molar-refractivity contribution in [2.45, 2.75) is 38.3 Å². The number of hydrogen-bond acceptors (Lipinski definition) is 0. The van der Waals surface area contributed by atoms with Crippen LogP contribution in [0.5, 0.6) is 0 Å². The zero-order valence-electron chi connectivity index (χ0n) is 8.59. The Morgan fingerprint density at radius 1 is 1.31 bits per heavy atom. The molecule has 0 saturated heterocycles. The molecule has 0 bridgehead atoms. The molecule has 66 valence electrons. The predicted octanol–water partition coefficient (Wildman–Crippen LogP) is 2.14. The Morgan fingerprint density at radius 2 is 2.00 bits per heavy atom. The van der Waals surface area contributed by atoms with Crippen LogP contribution in [0, 0.1) is 29.1 Å². The number of hydrogen-bond donors (Lipinski definition) is 0. The summed E-state index contributed by atoms with van der Waals surface area (Å²) >= 11 is 0. The molecule has 0 N–H and O–H groups in total. The molecule has 4 radical (unpaired) electrons. The summed E-state index contributed by atoms with van der Waals surface area (Å²) in [6.07, 6.45) is 4.29. The zero-order chi connectivity index (χ0) is 9.43. The molecule has 4 unspecified atom stereocenters. The first kappa shape index (κ1) is 8.44. The summed E-state index contributed by atoms with van der Waals surface area (Å²) in [6, 6.07) is 0. The van der Waals surface area contributed by atoms with Gasteiger partial charge in [0.05, 0.1) is 15.7 Å². The first-order chi connectivity index (χ1) is 6.00. The van der Waals surface area contributed by atoms with Crippen molar-refractivity contribution in [1.82, 2.24) is 0 Å². The maximum absolute atomic E-state index is 6.24. The minimum atomic E-state index is -0.393. The Bertz CT molecular complexity index is 259. The van der Waals surface area contributed by atoms with Gasteiger partial charge in [0.1, 0.15) is 0 Å². The van der Waals surface area contributed by atoms with Gasteiger partial charge in [0.25, 0.3) is 0 Å². The molecule has 0 aliphatic heterocycles. The van der Waals surface area contributed by atoms with Gasteiger partial charge in [-0.2, -0.15) is 0 Å². The third-order valence-electron chi connectivity index (χ3n) is 5.28. The van der Waals surface area contributed by atoms with Gasteiger partial charge in [0.15, 0.2) is 0 Å². The summed E-state index contributed by atoms with van der Waals surface area (Å²) in [6.45, 7) is 4.31. The Kier molecular flexibility index (Phi) is 1.33. The minimum Gasteiger partial charge on any atom is -0.0935 e. The molecule has 0 heterocycles. The second kappa shape index (κ2) is 2.04. The average Bonchev–Trinajstić information content (AvgIpc) is 2.71. The van der Waals surface area contributed by atoms with Gasteiger partial charge in [-0.1, -0.05) is 25.0 Å². The van der Waals surface area contributed by atoms with E-state index in [1.54, 1.807) is 0 Å². The first-order valence-electron chi connectivity index (χ1n) is 5.58. The monoisotopic (exact) mass is 170 g/mol. The molecule has 3 rings (SSSR count). The van der Waals surface area contributed by atoms with Crippen molar-refractivity contribution < 1.29 is 0 Å². The fourth-order valence-corrected chi connectivity index (χ4v) is 4.01. The van der Waals surface area contributed by atoms with E-state index in [1.807, 2.05) is 0 Å². The van der Waals surface area contributed by atoms with Gasteiger partial charge in [-0.05, 0) is 42.4 Å². The lowest BCUT2D eigenvalue weighted by molar-refractivity contribution is -0.0570. The summed E-state index contributed by atoms with van der Waals surface area (Å²) in [5, 5.41) is -0.393. The second-order valence-corrected chi connectivity index (χ2v) is 5.87. The van der Waals surface area contributed by atoms with Crippen molar-refractivity contribution in [3.05, 3.63) is 0 Å². The molecule has 0 aromatic rings. The van der Waals surface area contributed by atoms with Crippen molar-refractivity contribution in [3.63, 3.8) is 0 Å². The van der Waals surface area contributed by atoms with Gasteiger partial charge in [0, 0.05) is 0 Å². The minimum absolute atomic E-state index is 0.393. The summed E-state index contributed by atoms with van der Waals surface area (Å²) in [5.41, 5.74) is 0.781. The number of rotatable bonds is 2. The third-order valence-corrected chi connectivity index (χ3v) is 5.28. The maximum atomic E-state index is 6.24. The lowest BCUT2D eigenvalue weighted by atomic mass is 9.33. The molecular formula is C11H16B2. The van der Waals surface area contributed by atoms with Gasteiger partial charge in [-0.25, -0.2) is 0 Å². The average molecular weight is 170 g/mol. The fourth-order valence-electron chi connectivity index (χ4n) is 4.01. The molecular weight excluding hydrogens is 154 g/mol. The standard InChI is InChI=1S/C11H16B2/c1-6(2)11(12,13)9-7-3-4-10(7)5-8(9)10/h6-9H,3-5H2,1-2H3. The molecule has 13 heavy (non-hydrogen) atoms. The lowest BCUT2D eigenvalue weighted by Crippen LogP contribution is -2.53. The highest BCUT2D eigenvalue weighted by atomic mass is 14.8. The van der Waals surface area contributed by atoms with Crippen LogP contribution in [0.25, 0.3) is 0 Å². The van der Waals surface area contributed by atoms with Gasteiger partial charge in [-0.15, -0.1) is 0 Å². The fraction of sp³-hybridized carbons (Fsp3) is 1.00. The van der Waals surface area contributed by atoms with Crippen molar-refractivity contribution >= 4 is 15.7 Å². The molecule has 1 spiro atoms. The summed E-state index contributed by atoms with van der Waals surface area (Å²) < 4.78 is 0. The van der Waals surface area contributed by atoms with E-state index < -0.39 is 5.21 Å². The zero-order valence-corrected chi connectivity index (χ0v) is 8.59. The van der Waals surface area contributed by atoms with Crippen molar-refractivity contribution in [2.24, 2.45) is 29.1 Å². The highest BCUT2D eigenvalue weighted by molar-refractivity contribution is 6.40. The Balaban J connectivity index is 1.81. The second-order valence-electron chi connectivity index (χ2n) is 5.87. The van der Waals surface area contributed by atoms with Crippen LogP contribution in [0.1, 0.15) is 33.1 Å². The van der Waals surface area contributed by atoms with Crippen LogP contribution in [0.3, 0.4) is 0 Å². The molecule has 3 fully saturated rings. The molecule has 2 heteroatoms. The summed E-state index contributed by atoms with van der Waals surface area (Å²) in [4.78, 5) is 0. The van der Waals surface area contributed by atoms with E-state index in [0.717, 1.165) is 17.3 Å². The van der Waals surface area contributed by atoms with Crippen molar-refractivity contribution in [1.29, 1.82) is 0 Å². The van der Waals surface area contributed by atoms with Gasteiger partial charge in [-0.3, -0.25) is 0 Å². The van der Waals surface area contributed by atoms with Gasteiger partial charge in [0.2, 0.25) is 0 Å². The van der Waals surface area contributed by atoms with E-state index in [1.165, 1.54) is 19.3 Å². The third kappa shape index (κ3) is 0.736. The Labute approximate surface area is 83.7 Å². The van der Waals surface area contributed by atoms with E-state index in [0.29, 0.717) is 11.8 Å². The van der Waals surface area contributed by atoms with Crippen LogP contribution in [0.4, 0.5) is 0 Å². The van der Waals surface area contributed by atoms with E-state index >= 15 is 0 Å². The van der Waals surface area contributed by atoms with E-state index in [-0.39, 0.29) is 0 Å². The lowest BCUT2D eigenvalue weighted by Gasteiger charge is -2.60. The summed E-state index contributed by atoms with van der Waals surface area (Å²) in [5.74, 6) is 2.86. The normalized spacial score (nSPS) is 51.8. The smallest absolute Gasteiger partial charge is 0.0628 e. The SMILES string of the molecule is [B]C([B])(C(C)C)C1C2CCC23CC13. The van der Waals surface area contributed by atoms with Crippen LogP contribution in [-0.2, 0) is 0 Å². The predicted molar refractivity (Wildman–Crippen MR) is 55.8 cm³/mol. The first-order valence-corrected chi connectivity index (χ1v) is 5.58. The van der Waals surface area contributed by atoms with E-state index in [2.05, 4.69) is 13.8 Å². The highest BCUT2D eigenvalue weighted by Crippen LogP contribution is 2.86. The molecule has 4 atom stereocenters. The quantitative estimate of drug-likeness (QED) is 0.556. The largest absolute Gasteiger partial charge is 0.0935 e. The maximum Gasteiger partial charge on any atom is 0.0628 e. The Morgan fingerprint density at radius 3 is 2.31 bits per heavy atom. The van der Waals surface area contributed by atoms with Crippen LogP contribution in [-0.4, -0.2) is 15.7 Å².